The Morgan fingerprint density at radius 2 is 2.12 bits per heavy atom. The minimum atomic E-state index is -0.541. The molecule has 6 nitrogen and oxygen atoms in total. The second-order valence-electron chi connectivity index (χ2n) is 5.73. The van der Waals surface area contributed by atoms with Gasteiger partial charge in [0.1, 0.15) is 11.5 Å². The van der Waals surface area contributed by atoms with Crippen molar-refractivity contribution in [2.75, 3.05) is 17.2 Å². The molecule has 0 saturated heterocycles. The van der Waals surface area contributed by atoms with Gasteiger partial charge in [0.05, 0.1) is 10.7 Å². The standard InChI is InChI=1S/C18H17ClN2O4/c1-10-3-5-13(19)16(7-10)24-9-17(22)20-12-4-6-15-14(8-12)21-18(23)11(2)25-15/h3-8,11H,9H2,1-2H3,(H,20,22)(H,21,23)/t11-/m1/s1. The lowest BCUT2D eigenvalue weighted by atomic mass is 10.2. The largest absolute Gasteiger partial charge is 0.482 e. The maximum Gasteiger partial charge on any atom is 0.265 e. The van der Waals surface area contributed by atoms with Crippen LogP contribution in [0.1, 0.15) is 12.5 Å². The molecule has 0 aromatic heterocycles. The van der Waals surface area contributed by atoms with Crippen LogP contribution in [0.4, 0.5) is 11.4 Å². The van der Waals surface area contributed by atoms with E-state index in [4.69, 9.17) is 21.1 Å². The average molecular weight is 361 g/mol. The van der Waals surface area contributed by atoms with Crippen molar-refractivity contribution < 1.29 is 19.1 Å². The van der Waals surface area contributed by atoms with Crippen molar-refractivity contribution in [1.82, 2.24) is 0 Å². The van der Waals surface area contributed by atoms with Crippen LogP contribution in [0.3, 0.4) is 0 Å². The fraction of sp³-hybridized carbons (Fsp3) is 0.222. The highest BCUT2D eigenvalue weighted by Gasteiger charge is 2.23. The van der Waals surface area contributed by atoms with Gasteiger partial charge in [0.2, 0.25) is 0 Å². The summed E-state index contributed by atoms with van der Waals surface area (Å²) in [6.45, 7) is 3.40. The lowest BCUT2D eigenvalue weighted by Gasteiger charge is -2.23. The first-order chi connectivity index (χ1) is 11.9. The van der Waals surface area contributed by atoms with Gasteiger partial charge in [0, 0.05) is 5.69 Å². The van der Waals surface area contributed by atoms with Crippen LogP contribution in [0.5, 0.6) is 11.5 Å². The van der Waals surface area contributed by atoms with Crippen LogP contribution in [0.15, 0.2) is 36.4 Å². The second-order valence-corrected chi connectivity index (χ2v) is 6.14. The van der Waals surface area contributed by atoms with Crippen LogP contribution in [0.25, 0.3) is 0 Å². The van der Waals surface area contributed by atoms with E-state index in [0.717, 1.165) is 5.56 Å². The van der Waals surface area contributed by atoms with E-state index in [2.05, 4.69) is 10.6 Å². The SMILES string of the molecule is Cc1ccc(Cl)c(OCC(=O)Nc2ccc3c(c2)NC(=O)[C@@H](C)O3)c1. The van der Waals surface area contributed by atoms with Crippen molar-refractivity contribution in [2.24, 2.45) is 0 Å². The predicted molar refractivity (Wildman–Crippen MR) is 95.5 cm³/mol. The Kier molecular flexibility index (Phi) is 4.81. The Labute approximate surface area is 150 Å². The number of nitrogens with one attached hydrogen (secondary N) is 2. The third-order valence-corrected chi connectivity index (χ3v) is 3.95. The molecule has 0 radical (unpaired) electrons. The molecule has 0 unspecified atom stereocenters. The third kappa shape index (κ3) is 4.03. The van der Waals surface area contributed by atoms with Crippen LogP contribution in [-0.4, -0.2) is 24.5 Å². The third-order valence-electron chi connectivity index (χ3n) is 3.64. The number of aryl methyl sites for hydroxylation is 1. The number of rotatable bonds is 4. The number of fused-ring (bicyclic) bond motifs is 1. The van der Waals surface area contributed by atoms with Crippen LogP contribution >= 0.6 is 11.6 Å². The molecule has 130 valence electrons. The number of halogens is 1. The molecule has 0 fully saturated rings. The normalized spacial score (nSPS) is 15.6. The summed E-state index contributed by atoms with van der Waals surface area (Å²) in [4.78, 5) is 23.7. The van der Waals surface area contributed by atoms with Gasteiger partial charge in [-0.1, -0.05) is 17.7 Å². The van der Waals surface area contributed by atoms with Gasteiger partial charge in [-0.3, -0.25) is 9.59 Å². The van der Waals surface area contributed by atoms with Crippen molar-refractivity contribution >= 4 is 34.8 Å². The number of anilines is 2. The van der Waals surface area contributed by atoms with E-state index in [-0.39, 0.29) is 18.4 Å². The zero-order chi connectivity index (χ0) is 18.0. The first-order valence-corrected chi connectivity index (χ1v) is 8.10. The molecule has 0 aliphatic carbocycles. The summed E-state index contributed by atoms with van der Waals surface area (Å²) in [6.07, 6.45) is -0.541. The zero-order valence-electron chi connectivity index (χ0n) is 13.8. The maximum absolute atomic E-state index is 12.1. The van der Waals surface area contributed by atoms with Gasteiger partial charge in [-0.15, -0.1) is 0 Å². The summed E-state index contributed by atoms with van der Waals surface area (Å²) in [5.41, 5.74) is 2.03. The van der Waals surface area contributed by atoms with E-state index in [9.17, 15) is 9.59 Å². The topological polar surface area (TPSA) is 76.7 Å². The maximum atomic E-state index is 12.1. The van der Waals surface area contributed by atoms with Gasteiger partial charge in [-0.25, -0.2) is 0 Å². The second kappa shape index (κ2) is 7.03. The molecule has 2 amide bonds. The van der Waals surface area contributed by atoms with Gasteiger partial charge in [0.25, 0.3) is 11.8 Å². The number of benzene rings is 2. The summed E-state index contributed by atoms with van der Waals surface area (Å²) >= 11 is 6.03. The number of ether oxygens (including phenoxy) is 2. The molecule has 0 saturated carbocycles. The van der Waals surface area contributed by atoms with Crippen molar-refractivity contribution in [2.45, 2.75) is 20.0 Å². The summed E-state index contributed by atoms with van der Waals surface area (Å²) < 4.78 is 10.9. The van der Waals surface area contributed by atoms with Crippen molar-refractivity contribution in [3.8, 4) is 11.5 Å². The molecule has 25 heavy (non-hydrogen) atoms. The molecule has 2 aromatic carbocycles. The highest BCUT2D eigenvalue weighted by molar-refractivity contribution is 6.32. The van der Waals surface area contributed by atoms with Gasteiger partial charge < -0.3 is 20.1 Å². The van der Waals surface area contributed by atoms with Crippen LogP contribution in [0, 0.1) is 6.92 Å². The minimum absolute atomic E-state index is 0.180. The molecular weight excluding hydrogens is 344 g/mol. The molecule has 1 atom stereocenters. The molecule has 7 heteroatoms. The van der Waals surface area contributed by atoms with Crippen LogP contribution < -0.4 is 20.1 Å². The van der Waals surface area contributed by atoms with E-state index in [1.807, 2.05) is 13.0 Å². The molecule has 0 bridgehead atoms. The van der Waals surface area contributed by atoms with E-state index < -0.39 is 6.10 Å². The fourth-order valence-corrected chi connectivity index (χ4v) is 2.52. The number of carbonyl (C=O) groups is 2. The molecule has 1 aliphatic heterocycles. The first kappa shape index (κ1) is 17.1. The van der Waals surface area contributed by atoms with Gasteiger partial charge in [-0.05, 0) is 49.7 Å². The lowest BCUT2D eigenvalue weighted by Crippen LogP contribution is -2.34. The van der Waals surface area contributed by atoms with Crippen molar-refractivity contribution in [3.05, 3.63) is 47.0 Å². The molecule has 3 rings (SSSR count). The molecule has 2 aromatic rings. The molecule has 1 heterocycles. The zero-order valence-corrected chi connectivity index (χ0v) is 14.5. The van der Waals surface area contributed by atoms with Crippen LogP contribution in [0.2, 0.25) is 5.02 Å². The van der Waals surface area contributed by atoms with Crippen molar-refractivity contribution in [1.29, 1.82) is 0 Å². The Balaban J connectivity index is 1.63. The molecule has 1 aliphatic rings. The Morgan fingerprint density at radius 3 is 2.92 bits per heavy atom. The minimum Gasteiger partial charge on any atom is -0.482 e. The number of amides is 2. The Morgan fingerprint density at radius 1 is 1.32 bits per heavy atom. The van der Waals surface area contributed by atoms with Gasteiger partial charge in [-0.2, -0.15) is 0 Å². The highest BCUT2D eigenvalue weighted by Crippen LogP contribution is 2.32. The summed E-state index contributed by atoms with van der Waals surface area (Å²) in [5.74, 6) is 0.451. The van der Waals surface area contributed by atoms with E-state index in [1.54, 1.807) is 37.3 Å². The molecular formula is C18H17ClN2O4. The molecule has 2 N–H and O–H groups in total. The van der Waals surface area contributed by atoms with E-state index >= 15 is 0 Å². The van der Waals surface area contributed by atoms with E-state index in [1.165, 1.54) is 0 Å². The fourth-order valence-electron chi connectivity index (χ4n) is 2.35. The average Bonchev–Trinajstić information content (AvgIpc) is 2.57. The van der Waals surface area contributed by atoms with Crippen molar-refractivity contribution in [3.63, 3.8) is 0 Å². The van der Waals surface area contributed by atoms with Gasteiger partial charge in [0.15, 0.2) is 12.7 Å². The smallest absolute Gasteiger partial charge is 0.265 e. The highest BCUT2D eigenvalue weighted by atomic mass is 35.5. The Bertz CT molecular complexity index is 838. The van der Waals surface area contributed by atoms with E-state index in [0.29, 0.717) is 27.9 Å². The predicted octanol–water partition coefficient (Wildman–Crippen LogP) is 3.39. The summed E-state index contributed by atoms with van der Waals surface area (Å²) in [7, 11) is 0. The Hall–Kier alpha value is -2.73. The molecule has 0 spiro atoms. The quantitative estimate of drug-likeness (QED) is 0.876. The first-order valence-electron chi connectivity index (χ1n) is 7.73. The summed E-state index contributed by atoms with van der Waals surface area (Å²) in [5, 5.41) is 5.88. The monoisotopic (exact) mass is 360 g/mol. The van der Waals surface area contributed by atoms with Crippen LogP contribution in [-0.2, 0) is 9.59 Å². The van der Waals surface area contributed by atoms with Gasteiger partial charge >= 0.3 is 0 Å². The number of hydrogen-bond donors (Lipinski definition) is 2. The number of hydrogen-bond acceptors (Lipinski definition) is 4. The summed E-state index contributed by atoms with van der Waals surface area (Å²) in [6, 6.07) is 10.4. The number of carbonyl (C=O) groups excluding carboxylic acids is 2. The lowest BCUT2D eigenvalue weighted by molar-refractivity contribution is -0.122.